The number of amides is 2. The number of benzene rings is 2. The fourth-order valence-corrected chi connectivity index (χ4v) is 2.94. The summed E-state index contributed by atoms with van der Waals surface area (Å²) in [6.07, 6.45) is -0.767. The van der Waals surface area contributed by atoms with Crippen molar-refractivity contribution in [1.29, 1.82) is 0 Å². The van der Waals surface area contributed by atoms with Gasteiger partial charge in [-0.15, -0.1) is 0 Å². The molecule has 156 valence electrons. The van der Waals surface area contributed by atoms with Crippen molar-refractivity contribution >= 4 is 27.7 Å². The Labute approximate surface area is 180 Å². The van der Waals surface area contributed by atoms with Crippen LogP contribution >= 0.6 is 15.9 Å². The summed E-state index contributed by atoms with van der Waals surface area (Å²) in [6, 6.07) is 13.1. The Morgan fingerprint density at radius 2 is 1.83 bits per heavy atom. The molecule has 0 aliphatic carbocycles. The summed E-state index contributed by atoms with van der Waals surface area (Å²) < 4.78 is 11.9. The molecule has 0 spiro atoms. The molecule has 2 aromatic carbocycles. The standard InChI is InChI=1S/C22H27BrN2O4/c1-14-7-6-8-17(11-14)29-15(2)21(27)25-24-20(26)13-28-19-10-9-16(12-18(19)23)22(3,4)5/h6-12,15H,13H2,1-5H3,(H,24,26)(H,25,27). The Morgan fingerprint density at radius 1 is 1.10 bits per heavy atom. The molecule has 2 N–H and O–H groups in total. The Bertz CT molecular complexity index is 877. The highest BCUT2D eigenvalue weighted by atomic mass is 79.9. The molecule has 0 aromatic heterocycles. The minimum atomic E-state index is -0.767. The van der Waals surface area contributed by atoms with Crippen molar-refractivity contribution in [2.24, 2.45) is 0 Å². The molecule has 0 heterocycles. The zero-order valence-corrected chi connectivity index (χ0v) is 18.9. The third-order valence-electron chi connectivity index (χ3n) is 4.15. The van der Waals surface area contributed by atoms with Gasteiger partial charge in [-0.2, -0.15) is 0 Å². The molecular weight excluding hydrogens is 436 g/mol. The van der Waals surface area contributed by atoms with Crippen molar-refractivity contribution in [3.8, 4) is 11.5 Å². The van der Waals surface area contributed by atoms with Gasteiger partial charge in [0, 0.05) is 0 Å². The van der Waals surface area contributed by atoms with E-state index in [1.54, 1.807) is 13.0 Å². The first-order chi connectivity index (χ1) is 13.6. The predicted molar refractivity (Wildman–Crippen MR) is 116 cm³/mol. The molecule has 6 nitrogen and oxygen atoms in total. The van der Waals surface area contributed by atoms with Crippen LogP contribution in [0.2, 0.25) is 0 Å². The number of halogens is 1. The first-order valence-corrected chi connectivity index (χ1v) is 10.1. The minimum Gasteiger partial charge on any atom is -0.483 e. The lowest BCUT2D eigenvalue weighted by molar-refractivity contribution is -0.133. The highest BCUT2D eigenvalue weighted by molar-refractivity contribution is 9.10. The van der Waals surface area contributed by atoms with Crippen LogP contribution in [0.5, 0.6) is 11.5 Å². The van der Waals surface area contributed by atoms with Crippen LogP contribution in [0.25, 0.3) is 0 Å². The van der Waals surface area contributed by atoms with Gasteiger partial charge >= 0.3 is 0 Å². The van der Waals surface area contributed by atoms with Gasteiger partial charge in [0.25, 0.3) is 11.8 Å². The fourth-order valence-electron chi connectivity index (χ4n) is 2.44. The highest BCUT2D eigenvalue weighted by Gasteiger charge is 2.17. The van der Waals surface area contributed by atoms with Crippen molar-refractivity contribution in [3.05, 3.63) is 58.1 Å². The van der Waals surface area contributed by atoms with E-state index in [1.165, 1.54) is 0 Å². The number of hydrogen-bond donors (Lipinski definition) is 2. The van der Waals surface area contributed by atoms with E-state index >= 15 is 0 Å². The second-order valence-corrected chi connectivity index (χ2v) is 8.65. The van der Waals surface area contributed by atoms with Crippen LogP contribution in [0, 0.1) is 6.92 Å². The molecular formula is C22H27BrN2O4. The molecule has 0 saturated carbocycles. The van der Waals surface area contributed by atoms with E-state index in [-0.39, 0.29) is 12.0 Å². The van der Waals surface area contributed by atoms with E-state index in [2.05, 4.69) is 47.6 Å². The number of carbonyl (C=O) groups is 2. The second-order valence-electron chi connectivity index (χ2n) is 7.80. The molecule has 2 rings (SSSR count). The largest absolute Gasteiger partial charge is 0.483 e. The molecule has 0 saturated heterocycles. The number of hydrogen-bond acceptors (Lipinski definition) is 4. The minimum absolute atomic E-state index is 0.0138. The molecule has 1 atom stereocenters. The first kappa shape index (κ1) is 22.7. The van der Waals surface area contributed by atoms with Crippen molar-refractivity contribution in [2.75, 3.05) is 6.61 Å². The summed E-state index contributed by atoms with van der Waals surface area (Å²) in [5, 5.41) is 0. The average molecular weight is 463 g/mol. The van der Waals surface area contributed by atoms with E-state index < -0.39 is 17.9 Å². The van der Waals surface area contributed by atoms with Crippen molar-refractivity contribution in [2.45, 2.75) is 46.1 Å². The van der Waals surface area contributed by atoms with Gasteiger partial charge in [0.15, 0.2) is 12.7 Å². The molecule has 0 fully saturated rings. The lowest BCUT2D eigenvalue weighted by atomic mass is 9.87. The molecule has 2 aromatic rings. The SMILES string of the molecule is Cc1cccc(OC(C)C(=O)NNC(=O)COc2ccc(C(C)(C)C)cc2Br)c1. The molecule has 29 heavy (non-hydrogen) atoms. The molecule has 7 heteroatoms. The van der Waals surface area contributed by atoms with Crippen LogP contribution in [0.4, 0.5) is 0 Å². The number of hydrazine groups is 1. The van der Waals surface area contributed by atoms with Crippen LogP contribution in [0.15, 0.2) is 46.9 Å². The third-order valence-corrected chi connectivity index (χ3v) is 4.77. The Kier molecular flexibility index (Phi) is 7.67. The zero-order chi connectivity index (χ0) is 21.6. The van der Waals surface area contributed by atoms with Crippen molar-refractivity contribution < 1.29 is 19.1 Å². The van der Waals surface area contributed by atoms with Gasteiger partial charge in [-0.3, -0.25) is 20.4 Å². The van der Waals surface area contributed by atoms with Gasteiger partial charge in [0.2, 0.25) is 0 Å². The number of aryl methyl sites for hydroxylation is 1. The van der Waals surface area contributed by atoms with Crippen LogP contribution < -0.4 is 20.3 Å². The van der Waals surface area contributed by atoms with E-state index in [4.69, 9.17) is 9.47 Å². The maximum Gasteiger partial charge on any atom is 0.279 e. The summed E-state index contributed by atoms with van der Waals surface area (Å²) in [5.41, 5.74) is 6.86. The number of rotatable bonds is 6. The maximum absolute atomic E-state index is 12.1. The van der Waals surface area contributed by atoms with E-state index in [9.17, 15) is 9.59 Å². The number of ether oxygens (including phenoxy) is 2. The number of carbonyl (C=O) groups excluding carboxylic acids is 2. The van der Waals surface area contributed by atoms with Gasteiger partial charge in [0.1, 0.15) is 11.5 Å². The molecule has 0 aliphatic rings. The maximum atomic E-state index is 12.1. The van der Waals surface area contributed by atoms with Crippen molar-refractivity contribution in [3.63, 3.8) is 0 Å². The fraction of sp³-hybridized carbons (Fsp3) is 0.364. The topological polar surface area (TPSA) is 76.7 Å². The molecule has 1 unspecified atom stereocenters. The Morgan fingerprint density at radius 3 is 2.45 bits per heavy atom. The molecule has 0 aliphatic heterocycles. The summed E-state index contributed by atoms with van der Waals surface area (Å²) in [5.74, 6) is 0.199. The quantitative estimate of drug-likeness (QED) is 0.634. The van der Waals surface area contributed by atoms with E-state index in [0.717, 1.165) is 15.6 Å². The molecule has 2 amide bonds. The summed E-state index contributed by atoms with van der Waals surface area (Å²) in [6.45, 7) is 9.67. The third kappa shape index (κ3) is 7.09. The lowest BCUT2D eigenvalue weighted by Crippen LogP contribution is -2.48. The van der Waals surface area contributed by atoms with Crippen LogP contribution in [-0.4, -0.2) is 24.5 Å². The highest BCUT2D eigenvalue weighted by Crippen LogP contribution is 2.31. The normalized spacial score (nSPS) is 12.1. The Balaban J connectivity index is 1.80. The van der Waals surface area contributed by atoms with Crippen LogP contribution in [0.1, 0.15) is 38.8 Å². The average Bonchev–Trinajstić information content (AvgIpc) is 2.64. The molecule has 0 radical (unpaired) electrons. The van der Waals surface area contributed by atoms with Gasteiger partial charge in [0.05, 0.1) is 4.47 Å². The summed E-state index contributed by atoms with van der Waals surface area (Å²) >= 11 is 3.46. The van der Waals surface area contributed by atoms with Gasteiger partial charge in [-0.1, -0.05) is 39.0 Å². The monoisotopic (exact) mass is 462 g/mol. The number of nitrogens with one attached hydrogen (secondary N) is 2. The van der Waals surface area contributed by atoms with Gasteiger partial charge < -0.3 is 9.47 Å². The molecule has 0 bridgehead atoms. The van der Waals surface area contributed by atoms with Gasteiger partial charge in [-0.25, -0.2) is 0 Å². The first-order valence-electron chi connectivity index (χ1n) is 9.31. The predicted octanol–water partition coefficient (Wildman–Crippen LogP) is 4.05. The zero-order valence-electron chi connectivity index (χ0n) is 17.3. The smallest absolute Gasteiger partial charge is 0.279 e. The lowest BCUT2D eigenvalue weighted by Gasteiger charge is -2.20. The second kappa shape index (κ2) is 9.78. The van der Waals surface area contributed by atoms with Crippen molar-refractivity contribution in [1.82, 2.24) is 10.9 Å². The van der Waals surface area contributed by atoms with E-state index in [1.807, 2.05) is 43.3 Å². The van der Waals surface area contributed by atoms with Gasteiger partial charge in [-0.05, 0) is 70.6 Å². The summed E-state index contributed by atoms with van der Waals surface area (Å²) in [4.78, 5) is 24.1. The van der Waals surface area contributed by atoms with Crippen LogP contribution in [0.3, 0.4) is 0 Å². The van der Waals surface area contributed by atoms with E-state index in [0.29, 0.717) is 11.5 Å². The Hall–Kier alpha value is -2.54. The van der Waals surface area contributed by atoms with Crippen LogP contribution in [-0.2, 0) is 15.0 Å². The summed E-state index contributed by atoms with van der Waals surface area (Å²) in [7, 11) is 0.